The van der Waals surface area contributed by atoms with Crippen molar-refractivity contribution in [3.8, 4) is 0 Å². The molecule has 1 aliphatic rings. The summed E-state index contributed by atoms with van der Waals surface area (Å²) in [5, 5.41) is 0. The first kappa shape index (κ1) is 12.5. The molecule has 2 N–H and O–H groups in total. The van der Waals surface area contributed by atoms with Crippen molar-refractivity contribution in [2.45, 2.75) is 52.0 Å². The molecule has 1 aromatic carbocycles. The molecule has 0 bridgehead atoms. The van der Waals surface area contributed by atoms with E-state index in [9.17, 15) is 0 Å². The number of nitrogen functional groups attached to an aromatic ring is 1. The second kappa shape index (κ2) is 4.87. The highest BCUT2D eigenvalue weighted by atomic mass is 15.1. The molecule has 3 rings (SSSR count). The molecule has 2 atom stereocenters. The van der Waals surface area contributed by atoms with E-state index in [1.54, 1.807) is 0 Å². The predicted octanol–water partition coefficient (Wildman–Crippen LogP) is 3.93. The van der Waals surface area contributed by atoms with Gasteiger partial charge < -0.3 is 10.3 Å². The zero-order chi connectivity index (χ0) is 13.4. The molecule has 2 unspecified atom stereocenters. The van der Waals surface area contributed by atoms with E-state index in [0.29, 0.717) is 6.04 Å². The van der Waals surface area contributed by atoms with E-state index in [0.717, 1.165) is 30.0 Å². The molecule has 0 aliphatic heterocycles. The Kier molecular flexibility index (Phi) is 3.21. The molecule has 3 nitrogen and oxygen atoms in total. The second-order valence-corrected chi connectivity index (χ2v) is 5.87. The van der Waals surface area contributed by atoms with E-state index >= 15 is 0 Å². The largest absolute Gasteiger partial charge is 0.399 e. The third kappa shape index (κ3) is 2.11. The normalized spacial score (nSPS) is 23.3. The summed E-state index contributed by atoms with van der Waals surface area (Å²) < 4.78 is 2.50. The number of aromatic nitrogens is 2. The Hall–Kier alpha value is -1.51. The third-order valence-electron chi connectivity index (χ3n) is 4.41. The zero-order valence-corrected chi connectivity index (χ0v) is 11.9. The van der Waals surface area contributed by atoms with Gasteiger partial charge in [-0.05, 0) is 43.4 Å². The highest BCUT2D eigenvalue weighted by molar-refractivity contribution is 5.79. The maximum Gasteiger partial charge on any atom is 0.110 e. The van der Waals surface area contributed by atoms with Crippen LogP contribution in [0.1, 0.15) is 51.4 Å². The maximum absolute atomic E-state index is 5.89. The number of hydrogen-bond donors (Lipinski definition) is 1. The molecule has 3 heteroatoms. The lowest BCUT2D eigenvalue weighted by molar-refractivity contribution is 0.404. The molecule has 0 saturated heterocycles. The summed E-state index contributed by atoms with van der Waals surface area (Å²) in [6, 6.07) is 6.76. The number of fused-ring (bicyclic) bond motifs is 1. The average molecular weight is 257 g/mol. The van der Waals surface area contributed by atoms with Crippen LogP contribution in [-0.2, 0) is 6.42 Å². The quantitative estimate of drug-likeness (QED) is 0.847. The number of hydrogen-bond acceptors (Lipinski definition) is 2. The maximum atomic E-state index is 5.89. The Balaban J connectivity index is 2.16. The SMILES string of the molecule is CCCc1nc2cc(N)ccc2n1C1CCCC1C. The monoisotopic (exact) mass is 257 g/mol. The number of rotatable bonds is 3. The first-order valence-corrected chi connectivity index (χ1v) is 7.47. The molecule has 1 heterocycles. The smallest absolute Gasteiger partial charge is 0.110 e. The molecular weight excluding hydrogens is 234 g/mol. The molecule has 0 radical (unpaired) electrons. The van der Waals surface area contributed by atoms with Gasteiger partial charge in [-0.1, -0.05) is 20.3 Å². The second-order valence-electron chi connectivity index (χ2n) is 5.87. The molecule has 0 spiro atoms. The zero-order valence-electron chi connectivity index (χ0n) is 11.9. The number of anilines is 1. The Morgan fingerprint density at radius 1 is 1.37 bits per heavy atom. The minimum Gasteiger partial charge on any atom is -0.399 e. The average Bonchev–Trinajstić information content (AvgIpc) is 2.92. The number of benzene rings is 1. The van der Waals surface area contributed by atoms with Crippen LogP contribution in [0.3, 0.4) is 0 Å². The van der Waals surface area contributed by atoms with Crippen molar-refractivity contribution in [3.05, 3.63) is 24.0 Å². The summed E-state index contributed by atoms with van der Waals surface area (Å²) in [6.45, 7) is 4.59. The molecule has 19 heavy (non-hydrogen) atoms. The Morgan fingerprint density at radius 2 is 2.21 bits per heavy atom. The van der Waals surface area contributed by atoms with E-state index < -0.39 is 0 Å². The van der Waals surface area contributed by atoms with Gasteiger partial charge in [0, 0.05) is 18.2 Å². The van der Waals surface area contributed by atoms with E-state index in [1.807, 2.05) is 12.1 Å². The first-order chi connectivity index (χ1) is 9.20. The number of nitrogens with two attached hydrogens (primary N) is 1. The van der Waals surface area contributed by atoms with Crippen molar-refractivity contribution in [1.82, 2.24) is 9.55 Å². The molecule has 2 aromatic rings. The van der Waals surface area contributed by atoms with Crippen LogP contribution >= 0.6 is 0 Å². The third-order valence-corrected chi connectivity index (χ3v) is 4.41. The van der Waals surface area contributed by atoms with Gasteiger partial charge in [0.05, 0.1) is 11.0 Å². The highest BCUT2D eigenvalue weighted by Crippen LogP contribution is 2.38. The number of aryl methyl sites for hydroxylation is 1. The van der Waals surface area contributed by atoms with Gasteiger partial charge in [-0.25, -0.2) is 4.98 Å². The fourth-order valence-corrected chi connectivity index (χ4v) is 3.45. The van der Waals surface area contributed by atoms with Gasteiger partial charge in [-0.3, -0.25) is 0 Å². The molecular formula is C16H23N3. The van der Waals surface area contributed by atoms with E-state index in [4.69, 9.17) is 10.7 Å². The minimum atomic E-state index is 0.621. The lowest BCUT2D eigenvalue weighted by Gasteiger charge is -2.21. The van der Waals surface area contributed by atoms with E-state index in [1.165, 1.54) is 30.6 Å². The molecule has 1 fully saturated rings. The van der Waals surface area contributed by atoms with Crippen LogP contribution in [0.25, 0.3) is 11.0 Å². The van der Waals surface area contributed by atoms with Crippen LogP contribution < -0.4 is 5.73 Å². The van der Waals surface area contributed by atoms with Crippen LogP contribution in [0.4, 0.5) is 5.69 Å². The van der Waals surface area contributed by atoms with Gasteiger partial charge in [0.2, 0.25) is 0 Å². The summed E-state index contributed by atoms with van der Waals surface area (Å²) in [4.78, 5) is 4.83. The van der Waals surface area contributed by atoms with Gasteiger partial charge in [0.1, 0.15) is 5.82 Å². The van der Waals surface area contributed by atoms with Crippen molar-refractivity contribution in [1.29, 1.82) is 0 Å². The summed E-state index contributed by atoms with van der Waals surface area (Å²) in [6.07, 6.45) is 6.16. The van der Waals surface area contributed by atoms with Crippen LogP contribution in [0.15, 0.2) is 18.2 Å². The van der Waals surface area contributed by atoms with Gasteiger partial charge in [-0.15, -0.1) is 0 Å². The molecule has 102 valence electrons. The summed E-state index contributed by atoms with van der Waals surface area (Å²) >= 11 is 0. The summed E-state index contributed by atoms with van der Waals surface area (Å²) in [5.41, 5.74) is 9.01. The standard InChI is InChI=1S/C16H23N3/c1-3-5-16-18-13-10-12(17)8-9-15(13)19(16)14-7-4-6-11(14)2/h8-11,14H,3-7,17H2,1-2H3. The fourth-order valence-electron chi connectivity index (χ4n) is 3.45. The number of imidazole rings is 1. The summed E-state index contributed by atoms with van der Waals surface area (Å²) in [5.74, 6) is 1.99. The topological polar surface area (TPSA) is 43.8 Å². The first-order valence-electron chi connectivity index (χ1n) is 7.47. The van der Waals surface area contributed by atoms with Gasteiger partial charge in [0.15, 0.2) is 0 Å². The van der Waals surface area contributed by atoms with Crippen LogP contribution in [0.5, 0.6) is 0 Å². The van der Waals surface area contributed by atoms with Crippen LogP contribution in [0.2, 0.25) is 0 Å². The molecule has 0 amide bonds. The molecule has 1 aliphatic carbocycles. The van der Waals surface area contributed by atoms with Crippen molar-refractivity contribution >= 4 is 16.7 Å². The minimum absolute atomic E-state index is 0.621. The van der Waals surface area contributed by atoms with Crippen molar-refractivity contribution in [2.24, 2.45) is 5.92 Å². The predicted molar refractivity (Wildman–Crippen MR) is 80.2 cm³/mol. The lowest BCUT2D eigenvalue weighted by atomic mass is 10.1. The summed E-state index contributed by atoms with van der Waals surface area (Å²) in [7, 11) is 0. The lowest BCUT2D eigenvalue weighted by Crippen LogP contribution is -2.14. The Labute approximate surface area is 114 Å². The van der Waals surface area contributed by atoms with E-state index in [-0.39, 0.29) is 0 Å². The number of nitrogens with zero attached hydrogens (tertiary/aromatic N) is 2. The van der Waals surface area contributed by atoms with Gasteiger partial charge in [-0.2, -0.15) is 0 Å². The van der Waals surface area contributed by atoms with Gasteiger partial charge in [0.25, 0.3) is 0 Å². The molecule has 1 saturated carbocycles. The van der Waals surface area contributed by atoms with Crippen molar-refractivity contribution in [3.63, 3.8) is 0 Å². The highest BCUT2D eigenvalue weighted by Gasteiger charge is 2.28. The van der Waals surface area contributed by atoms with Crippen molar-refractivity contribution < 1.29 is 0 Å². The Bertz CT molecular complexity index is 585. The van der Waals surface area contributed by atoms with E-state index in [2.05, 4.69) is 24.5 Å². The van der Waals surface area contributed by atoms with Crippen LogP contribution in [-0.4, -0.2) is 9.55 Å². The van der Waals surface area contributed by atoms with Gasteiger partial charge >= 0.3 is 0 Å². The van der Waals surface area contributed by atoms with Crippen LogP contribution in [0, 0.1) is 5.92 Å². The van der Waals surface area contributed by atoms with Crippen molar-refractivity contribution in [2.75, 3.05) is 5.73 Å². The Morgan fingerprint density at radius 3 is 2.89 bits per heavy atom. The fraction of sp³-hybridized carbons (Fsp3) is 0.562. The molecule has 1 aromatic heterocycles.